The highest BCUT2D eigenvalue weighted by molar-refractivity contribution is 7.80. The molecular weight excluding hydrogens is 278 g/mol. The van der Waals surface area contributed by atoms with Crippen molar-refractivity contribution in [2.24, 2.45) is 5.41 Å². The molecular formula is C15H20ClNOS. The van der Waals surface area contributed by atoms with Crippen molar-refractivity contribution < 1.29 is 4.79 Å². The van der Waals surface area contributed by atoms with Gasteiger partial charge in [0.15, 0.2) is 0 Å². The lowest BCUT2D eigenvalue weighted by molar-refractivity contribution is -0.132. The fraction of sp³-hybridized carbons (Fsp3) is 0.533. The third-order valence-electron chi connectivity index (χ3n) is 4.15. The molecule has 1 saturated carbocycles. The molecule has 1 aromatic rings. The van der Waals surface area contributed by atoms with Crippen LogP contribution in [0.5, 0.6) is 0 Å². The number of carbonyl (C=O) groups is 1. The summed E-state index contributed by atoms with van der Waals surface area (Å²) in [5.41, 5.74) is 1.28. The lowest BCUT2D eigenvalue weighted by Gasteiger charge is -2.27. The van der Waals surface area contributed by atoms with Gasteiger partial charge in [-0.25, -0.2) is 0 Å². The second-order valence-corrected chi connectivity index (χ2v) is 6.32. The first-order valence-electron chi connectivity index (χ1n) is 6.59. The standard InChI is InChI=1S/C15H20ClNOS/c1-11(12-3-5-13(16)6-4-12)17(2)14(18)9-15(10-19)7-8-15/h3-6,11,19H,7-10H2,1-2H3. The molecule has 0 heterocycles. The third-order valence-corrected chi connectivity index (χ3v) is 5.07. The van der Waals surface area contributed by atoms with Gasteiger partial charge in [0.05, 0.1) is 6.04 Å². The molecule has 1 atom stereocenters. The second kappa shape index (κ2) is 5.76. The van der Waals surface area contributed by atoms with Crippen LogP contribution in [0.1, 0.15) is 37.8 Å². The molecule has 0 saturated heterocycles. The van der Waals surface area contributed by atoms with Crippen LogP contribution in [0.25, 0.3) is 0 Å². The van der Waals surface area contributed by atoms with Crippen molar-refractivity contribution in [3.05, 3.63) is 34.9 Å². The van der Waals surface area contributed by atoms with Crippen LogP contribution in [0.2, 0.25) is 5.02 Å². The van der Waals surface area contributed by atoms with Gasteiger partial charge in [-0.1, -0.05) is 23.7 Å². The van der Waals surface area contributed by atoms with E-state index in [2.05, 4.69) is 12.6 Å². The van der Waals surface area contributed by atoms with E-state index in [-0.39, 0.29) is 17.4 Å². The summed E-state index contributed by atoms with van der Waals surface area (Å²) in [6.07, 6.45) is 2.88. The van der Waals surface area contributed by atoms with Crippen molar-refractivity contribution in [3.63, 3.8) is 0 Å². The van der Waals surface area contributed by atoms with E-state index in [1.165, 1.54) is 0 Å². The number of nitrogens with zero attached hydrogens (tertiary/aromatic N) is 1. The minimum absolute atomic E-state index is 0.0699. The van der Waals surface area contributed by atoms with Gasteiger partial charge in [0.25, 0.3) is 0 Å². The van der Waals surface area contributed by atoms with E-state index in [0.717, 1.165) is 29.2 Å². The first-order valence-corrected chi connectivity index (χ1v) is 7.60. The number of hydrogen-bond donors (Lipinski definition) is 1. The Balaban J connectivity index is 2.00. The molecule has 1 aromatic carbocycles. The second-order valence-electron chi connectivity index (χ2n) is 5.57. The minimum atomic E-state index is 0.0699. The zero-order valence-corrected chi connectivity index (χ0v) is 13.0. The van der Waals surface area contributed by atoms with Gasteiger partial charge in [0.1, 0.15) is 0 Å². The molecule has 1 aliphatic rings. The average molecular weight is 298 g/mol. The molecule has 19 heavy (non-hydrogen) atoms. The van der Waals surface area contributed by atoms with Gasteiger partial charge < -0.3 is 4.90 Å². The Kier molecular flexibility index (Phi) is 4.46. The summed E-state index contributed by atoms with van der Waals surface area (Å²) in [7, 11) is 1.87. The van der Waals surface area contributed by atoms with Gasteiger partial charge in [-0.2, -0.15) is 12.6 Å². The van der Waals surface area contributed by atoms with Crippen molar-refractivity contribution >= 4 is 30.1 Å². The molecule has 0 aromatic heterocycles. The largest absolute Gasteiger partial charge is 0.339 e. The number of halogens is 1. The number of benzene rings is 1. The monoisotopic (exact) mass is 297 g/mol. The molecule has 1 unspecified atom stereocenters. The molecule has 104 valence electrons. The predicted octanol–water partition coefficient (Wildman–Crippen LogP) is 3.96. The highest BCUT2D eigenvalue weighted by Gasteiger charge is 2.43. The molecule has 0 bridgehead atoms. The fourth-order valence-corrected chi connectivity index (χ4v) is 2.75. The van der Waals surface area contributed by atoms with E-state index in [0.29, 0.717) is 6.42 Å². The van der Waals surface area contributed by atoms with Crippen molar-refractivity contribution in [1.82, 2.24) is 4.90 Å². The maximum atomic E-state index is 12.3. The van der Waals surface area contributed by atoms with Crippen LogP contribution in [0.4, 0.5) is 0 Å². The molecule has 1 amide bonds. The van der Waals surface area contributed by atoms with Crippen molar-refractivity contribution in [2.45, 2.75) is 32.2 Å². The van der Waals surface area contributed by atoms with E-state index in [4.69, 9.17) is 11.6 Å². The lowest BCUT2D eigenvalue weighted by atomic mass is 10.0. The molecule has 0 radical (unpaired) electrons. The summed E-state index contributed by atoms with van der Waals surface area (Å²) < 4.78 is 0. The highest BCUT2D eigenvalue weighted by Crippen LogP contribution is 2.50. The Labute approximate surface area is 125 Å². The Morgan fingerprint density at radius 1 is 1.42 bits per heavy atom. The van der Waals surface area contributed by atoms with Crippen LogP contribution >= 0.6 is 24.2 Å². The zero-order valence-electron chi connectivity index (χ0n) is 11.4. The van der Waals surface area contributed by atoms with Gasteiger partial charge in [0.2, 0.25) is 5.91 Å². The van der Waals surface area contributed by atoms with Gasteiger partial charge in [-0.05, 0) is 48.6 Å². The van der Waals surface area contributed by atoms with Crippen LogP contribution in [0, 0.1) is 5.41 Å². The van der Waals surface area contributed by atoms with Crippen LogP contribution < -0.4 is 0 Å². The first kappa shape index (κ1) is 14.7. The molecule has 1 aliphatic carbocycles. The lowest BCUT2D eigenvalue weighted by Crippen LogP contribution is -2.31. The summed E-state index contributed by atoms with van der Waals surface area (Å²) in [4.78, 5) is 14.1. The Hall–Kier alpha value is -0.670. The van der Waals surface area contributed by atoms with Crippen LogP contribution in [0.3, 0.4) is 0 Å². The molecule has 0 aliphatic heterocycles. The van der Waals surface area contributed by atoms with E-state index in [9.17, 15) is 4.79 Å². The first-order chi connectivity index (χ1) is 8.97. The van der Waals surface area contributed by atoms with E-state index in [1.807, 2.05) is 43.1 Å². The minimum Gasteiger partial charge on any atom is -0.339 e. The van der Waals surface area contributed by atoms with Gasteiger partial charge in [-0.15, -0.1) is 0 Å². The Morgan fingerprint density at radius 3 is 2.47 bits per heavy atom. The van der Waals surface area contributed by atoms with Gasteiger partial charge >= 0.3 is 0 Å². The third kappa shape index (κ3) is 3.46. The van der Waals surface area contributed by atoms with E-state index in [1.54, 1.807) is 0 Å². The number of carbonyl (C=O) groups excluding carboxylic acids is 1. The Morgan fingerprint density at radius 2 is 2.00 bits per heavy atom. The molecule has 1 fully saturated rings. The molecule has 0 N–H and O–H groups in total. The topological polar surface area (TPSA) is 20.3 Å². The highest BCUT2D eigenvalue weighted by atomic mass is 35.5. The van der Waals surface area contributed by atoms with Gasteiger partial charge in [-0.3, -0.25) is 4.79 Å². The van der Waals surface area contributed by atoms with Gasteiger partial charge in [0, 0.05) is 18.5 Å². The SMILES string of the molecule is CC(c1ccc(Cl)cc1)N(C)C(=O)CC1(CS)CC1. The maximum Gasteiger partial charge on any atom is 0.223 e. The summed E-state index contributed by atoms with van der Waals surface area (Å²) in [5.74, 6) is 1.01. The number of hydrogen-bond acceptors (Lipinski definition) is 2. The number of thiol groups is 1. The summed E-state index contributed by atoms with van der Waals surface area (Å²) >= 11 is 10.2. The summed E-state index contributed by atoms with van der Waals surface area (Å²) in [6, 6.07) is 7.74. The van der Waals surface area contributed by atoms with E-state index < -0.39 is 0 Å². The van der Waals surface area contributed by atoms with Crippen LogP contribution in [-0.4, -0.2) is 23.6 Å². The molecule has 2 nitrogen and oxygen atoms in total. The quantitative estimate of drug-likeness (QED) is 0.816. The average Bonchev–Trinajstić information content (AvgIpc) is 3.18. The van der Waals surface area contributed by atoms with Crippen molar-refractivity contribution in [2.75, 3.05) is 12.8 Å². The number of amides is 1. The summed E-state index contributed by atoms with van der Waals surface area (Å²) in [5, 5.41) is 0.719. The molecule has 2 rings (SSSR count). The zero-order chi connectivity index (χ0) is 14.0. The van der Waals surface area contributed by atoms with Crippen molar-refractivity contribution in [3.8, 4) is 0 Å². The summed E-state index contributed by atoms with van der Waals surface area (Å²) in [6.45, 7) is 2.04. The predicted molar refractivity (Wildman–Crippen MR) is 82.8 cm³/mol. The molecule has 0 spiro atoms. The van der Waals surface area contributed by atoms with Crippen molar-refractivity contribution in [1.29, 1.82) is 0 Å². The maximum absolute atomic E-state index is 12.3. The normalized spacial score (nSPS) is 17.9. The smallest absolute Gasteiger partial charge is 0.223 e. The molecule has 4 heteroatoms. The number of rotatable bonds is 5. The van der Waals surface area contributed by atoms with Crippen LogP contribution in [-0.2, 0) is 4.79 Å². The Bertz CT molecular complexity index is 456. The van der Waals surface area contributed by atoms with E-state index >= 15 is 0 Å². The fourth-order valence-electron chi connectivity index (χ4n) is 2.19. The van der Waals surface area contributed by atoms with Crippen LogP contribution in [0.15, 0.2) is 24.3 Å².